The summed E-state index contributed by atoms with van der Waals surface area (Å²) in [7, 11) is 0. The van der Waals surface area contributed by atoms with Crippen LogP contribution in [0.1, 0.15) is 37.7 Å². The van der Waals surface area contributed by atoms with Crippen LogP contribution in [0.2, 0.25) is 5.02 Å². The van der Waals surface area contributed by atoms with Gasteiger partial charge in [-0.2, -0.15) is 0 Å². The van der Waals surface area contributed by atoms with Crippen molar-refractivity contribution < 1.29 is 9.50 Å². The van der Waals surface area contributed by atoms with E-state index in [4.69, 9.17) is 11.6 Å². The second-order valence-electron chi connectivity index (χ2n) is 5.09. The summed E-state index contributed by atoms with van der Waals surface area (Å²) >= 11 is 5.99. The van der Waals surface area contributed by atoms with Gasteiger partial charge in [-0.15, -0.1) is 0 Å². The molecule has 2 nitrogen and oxygen atoms in total. The van der Waals surface area contributed by atoms with Gasteiger partial charge in [-0.25, -0.2) is 4.39 Å². The van der Waals surface area contributed by atoms with E-state index < -0.39 is 0 Å². The van der Waals surface area contributed by atoms with Crippen LogP contribution >= 0.6 is 11.6 Å². The third kappa shape index (κ3) is 3.22. The summed E-state index contributed by atoms with van der Waals surface area (Å²) in [6, 6.07) is 4.43. The highest BCUT2D eigenvalue weighted by atomic mass is 35.5. The van der Waals surface area contributed by atoms with Gasteiger partial charge in [0.1, 0.15) is 5.82 Å². The monoisotopic (exact) mass is 271 g/mol. The average Bonchev–Trinajstić information content (AvgIpc) is 2.39. The Bertz CT molecular complexity index is 405. The lowest BCUT2D eigenvalue weighted by Gasteiger charge is -2.36. The molecule has 2 rings (SSSR count). The largest absolute Gasteiger partial charge is 0.394 e. The van der Waals surface area contributed by atoms with E-state index in [1.54, 1.807) is 6.07 Å². The Morgan fingerprint density at radius 1 is 1.28 bits per heavy atom. The van der Waals surface area contributed by atoms with E-state index in [9.17, 15) is 9.50 Å². The zero-order valence-electron chi connectivity index (χ0n) is 10.4. The van der Waals surface area contributed by atoms with Crippen LogP contribution in [0.3, 0.4) is 0 Å². The highest BCUT2D eigenvalue weighted by molar-refractivity contribution is 6.31. The standard InChI is InChI=1S/C14H19ClFNO/c15-13-8-12(16)5-4-11(13)9-17-14(10-18)6-2-1-3-7-14/h4-5,8,17-18H,1-3,6-7,9-10H2. The lowest BCUT2D eigenvalue weighted by atomic mass is 9.82. The van der Waals surface area contributed by atoms with Crippen LogP contribution < -0.4 is 5.32 Å². The molecule has 1 aromatic carbocycles. The van der Waals surface area contributed by atoms with Crippen molar-refractivity contribution in [3.05, 3.63) is 34.6 Å². The Hall–Kier alpha value is -0.640. The third-order valence-electron chi connectivity index (χ3n) is 3.78. The van der Waals surface area contributed by atoms with Crippen molar-refractivity contribution in [2.45, 2.75) is 44.2 Å². The molecule has 100 valence electrons. The SMILES string of the molecule is OCC1(NCc2ccc(F)cc2Cl)CCCCC1. The quantitative estimate of drug-likeness (QED) is 0.881. The lowest BCUT2D eigenvalue weighted by molar-refractivity contribution is 0.119. The fourth-order valence-corrected chi connectivity index (χ4v) is 2.80. The molecule has 1 saturated carbocycles. The van der Waals surface area contributed by atoms with Crippen molar-refractivity contribution in [1.29, 1.82) is 0 Å². The molecule has 0 bridgehead atoms. The van der Waals surface area contributed by atoms with Gasteiger partial charge in [0.15, 0.2) is 0 Å². The molecule has 0 atom stereocenters. The lowest BCUT2D eigenvalue weighted by Crippen LogP contribution is -2.49. The highest BCUT2D eigenvalue weighted by Crippen LogP contribution is 2.28. The van der Waals surface area contributed by atoms with Crippen molar-refractivity contribution in [3.8, 4) is 0 Å². The maximum absolute atomic E-state index is 12.9. The Kier molecular flexibility index (Phi) is 4.60. The maximum atomic E-state index is 12.9. The first kappa shape index (κ1) is 13.8. The van der Waals surface area contributed by atoms with E-state index in [2.05, 4.69) is 5.32 Å². The molecule has 1 fully saturated rings. The number of aliphatic hydroxyl groups is 1. The van der Waals surface area contributed by atoms with Crippen molar-refractivity contribution in [2.75, 3.05) is 6.61 Å². The number of nitrogens with one attached hydrogen (secondary N) is 1. The predicted molar refractivity (Wildman–Crippen MR) is 71.2 cm³/mol. The van der Waals surface area contributed by atoms with E-state index in [1.165, 1.54) is 18.6 Å². The van der Waals surface area contributed by atoms with Crippen molar-refractivity contribution in [1.82, 2.24) is 5.32 Å². The van der Waals surface area contributed by atoms with Crippen LogP contribution in [0.5, 0.6) is 0 Å². The molecule has 0 saturated heterocycles. The van der Waals surface area contributed by atoms with E-state index in [0.717, 1.165) is 31.2 Å². The summed E-state index contributed by atoms with van der Waals surface area (Å²) < 4.78 is 12.9. The second-order valence-corrected chi connectivity index (χ2v) is 5.50. The predicted octanol–water partition coefficient (Wildman–Crippen LogP) is 3.26. The molecule has 0 heterocycles. The van der Waals surface area contributed by atoms with Crippen LogP contribution in [0.25, 0.3) is 0 Å². The van der Waals surface area contributed by atoms with E-state index in [-0.39, 0.29) is 18.0 Å². The van der Waals surface area contributed by atoms with E-state index >= 15 is 0 Å². The summed E-state index contributed by atoms with van der Waals surface area (Å²) in [6.07, 6.45) is 5.50. The molecule has 1 aliphatic rings. The molecule has 0 amide bonds. The summed E-state index contributed by atoms with van der Waals surface area (Å²) in [5.41, 5.74) is 0.687. The number of hydrogen-bond donors (Lipinski definition) is 2. The Labute approximate surface area is 112 Å². The molecule has 4 heteroatoms. The van der Waals surface area contributed by atoms with Crippen molar-refractivity contribution in [2.24, 2.45) is 0 Å². The van der Waals surface area contributed by atoms with Gasteiger partial charge in [0.05, 0.1) is 6.61 Å². The fourth-order valence-electron chi connectivity index (χ4n) is 2.57. The topological polar surface area (TPSA) is 32.3 Å². The Morgan fingerprint density at radius 2 is 2.00 bits per heavy atom. The summed E-state index contributed by atoms with van der Waals surface area (Å²) in [6.45, 7) is 0.714. The zero-order chi connectivity index (χ0) is 13.0. The van der Waals surface area contributed by atoms with Gasteiger partial charge in [0.25, 0.3) is 0 Å². The maximum Gasteiger partial charge on any atom is 0.124 e. The number of benzene rings is 1. The number of rotatable bonds is 4. The first-order chi connectivity index (χ1) is 8.65. The average molecular weight is 272 g/mol. The molecular weight excluding hydrogens is 253 g/mol. The number of halogens is 2. The molecule has 18 heavy (non-hydrogen) atoms. The van der Waals surface area contributed by atoms with Gasteiger partial charge in [-0.3, -0.25) is 0 Å². The van der Waals surface area contributed by atoms with E-state index in [0.29, 0.717) is 11.6 Å². The van der Waals surface area contributed by atoms with Crippen molar-refractivity contribution >= 4 is 11.6 Å². The number of aliphatic hydroxyl groups excluding tert-OH is 1. The first-order valence-corrected chi connectivity index (χ1v) is 6.83. The van der Waals surface area contributed by atoms with Crippen LogP contribution in [0.15, 0.2) is 18.2 Å². The molecule has 2 N–H and O–H groups in total. The normalized spacial score (nSPS) is 18.8. The zero-order valence-corrected chi connectivity index (χ0v) is 11.1. The molecule has 1 aromatic rings. The van der Waals surface area contributed by atoms with Crippen molar-refractivity contribution in [3.63, 3.8) is 0 Å². The molecule has 1 aliphatic carbocycles. The minimum atomic E-state index is -0.321. The van der Waals surface area contributed by atoms with Gasteiger partial charge in [0, 0.05) is 17.1 Å². The molecule has 0 spiro atoms. The smallest absolute Gasteiger partial charge is 0.124 e. The molecule has 0 aliphatic heterocycles. The summed E-state index contributed by atoms with van der Waals surface area (Å²) in [5, 5.41) is 13.4. The van der Waals surface area contributed by atoms with Crippen LogP contribution in [-0.2, 0) is 6.54 Å². The number of hydrogen-bond acceptors (Lipinski definition) is 2. The summed E-state index contributed by atoms with van der Waals surface area (Å²) in [5.74, 6) is -0.321. The Balaban J connectivity index is 2.01. The Morgan fingerprint density at radius 3 is 2.61 bits per heavy atom. The highest BCUT2D eigenvalue weighted by Gasteiger charge is 2.30. The fraction of sp³-hybridized carbons (Fsp3) is 0.571. The van der Waals surface area contributed by atoms with Gasteiger partial charge in [0.2, 0.25) is 0 Å². The van der Waals surface area contributed by atoms with Crippen LogP contribution in [0.4, 0.5) is 4.39 Å². The molecular formula is C14H19ClFNO. The molecule has 0 radical (unpaired) electrons. The van der Waals surface area contributed by atoms with Gasteiger partial charge in [-0.1, -0.05) is 36.9 Å². The van der Waals surface area contributed by atoms with Gasteiger partial charge in [-0.05, 0) is 30.5 Å². The summed E-state index contributed by atoms with van der Waals surface area (Å²) in [4.78, 5) is 0. The third-order valence-corrected chi connectivity index (χ3v) is 4.13. The minimum Gasteiger partial charge on any atom is -0.394 e. The molecule has 0 aromatic heterocycles. The molecule has 0 unspecified atom stereocenters. The van der Waals surface area contributed by atoms with Gasteiger partial charge >= 0.3 is 0 Å². The van der Waals surface area contributed by atoms with Gasteiger partial charge < -0.3 is 10.4 Å². The first-order valence-electron chi connectivity index (χ1n) is 6.45. The minimum absolute atomic E-state index is 0.145. The van der Waals surface area contributed by atoms with Crippen LogP contribution in [-0.4, -0.2) is 17.3 Å². The van der Waals surface area contributed by atoms with E-state index in [1.807, 2.05) is 0 Å². The van der Waals surface area contributed by atoms with Crippen LogP contribution in [0, 0.1) is 5.82 Å². The second kappa shape index (κ2) is 6.00.